The van der Waals surface area contributed by atoms with E-state index in [0.29, 0.717) is 23.6 Å². The summed E-state index contributed by atoms with van der Waals surface area (Å²) in [4.78, 5) is 6.83. The molecular weight excluding hydrogens is 322 g/mol. The van der Waals surface area contributed by atoms with Gasteiger partial charge < -0.3 is 4.90 Å². The predicted octanol–water partition coefficient (Wildman–Crippen LogP) is 2.50. The zero-order valence-corrected chi connectivity index (χ0v) is 14.9. The summed E-state index contributed by atoms with van der Waals surface area (Å²) in [7, 11) is 0. The number of benzene rings is 1. The number of rotatable bonds is 4. The molecule has 5 nitrogen and oxygen atoms in total. The van der Waals surface area contributed by atoms with Crippen LogP contribution in [0.15, 0.2) is 48.5 Å². The van der Waals surface area contributed by atoms with Crippen LogP contribution in [0.5, 0.6) is 0 Å². The quantitative estimate of drug-likeness (QED) is 0.890. The van der Waals surface area contributed by atoms with Gasteiger partial charge in [-0.15, -0.1) is 0 Å². The highest BCUT2D eigenvalue weighted by Gasteiger charge is 2.36. The van der Waals surface area contributed by atoms with Gasteiger partial charge in [0, 0.05) is 25.7 Å². The third-order valence-electron chi connectivity index (χ3n) is 5.62. The van der Waals surface area contributed by atoms with Crippen LogP contribution in [0, 0.1) is 23.2 Å². The minimum absolute atomic E-state index is 0.470. The highest BCUT2D eigenvalue weighted by molar-refractivity contribution is 5.42. The molecule has 0 saturated carbocycles. The predicted molar refractivity (Wildman–Crippen MR) is 102 cm³/mol. The second-order valence-corrected chi connectivity index (χ2v) is 7.34. The minimum Gasteiger partial charge on any atom is -0.356 e. The Morgan fingerprint density at radius 2 is 2.04 bits per heavy atom. The van der Waals surface area contributed by atoms with Crippen LogP contribution < -0.4 is 15.8 Å². The summed E-state index contributed by atoms with van der Waals surface area (Å²) < 4.78 is 0. The first-order valence-electron chi connectivity index (χ1n) is 9.48. The molecule has 26 heavy (non-hydrogen) atoms. The van der Waals surface area contributed by atoms with Crippen molar-refractivity contribution in [2.45, 2.75) is 25.3 Å². The van der Waals surface area contributed by atoms with Gasteiger partial charge in [-0.05, 0) is 48.8 Å². The van der Waals surface area contributed by atoms with E-state index in [4.69, 9.17) is 5.26 Å². The monoisotopic (exact) mass is 347 g/mol. The first-order valence-corrected chi connectivity index (χ1v) is 9.48. The number of pyridine rings is 1. The van der Waals surface area contributed by atoms with Gasteiger partial charge in [-0.25, -0.2) is 4.98 Å². The molecule has 0 spiro atoms. The summed E-state index contributed by atoms with van der Waals surface area (Å²) in [5.74, 6) is 2.11. The number of anilines is 1. The van der Waals surface area contributed by atoms with E-state index in [9.17, 15) is 0 Å². The molecule has 3 heterocycles. The summed E-state index contributed by atoms with van der Waals surface area (Å²) in [5, 5.41) is 9.11. The SMILES string of the molecule is N#Cc1cccc(N2CCCC(C3NNCC3Cc3ccccc3)C2)n1. The van der Waals surface area contributed by atoms with E-state index >= 15 is 0 Å². The molecule has 2 saturated heterocycles. The highest BCUT2D eigenvalue weighted by atomic mass is 15.4. The average Bonchev–Trinajstić information content (AvgIpc) is 3.17. The fourth-order valence-electron chi connectivity index (χ4n) is 4.34. The number of piperidine rings is 1. The number of hydrogen-bond donors (Lipinski definition) is 2. The molecule has 2 fully saturated rings. The summed E-state index contributed by atoms with van der Waals surface area (Å²) in [6.07, 6.45) is 3.50. The second-order valence-electron chi connectivity index (χ2n) is 7.34. The molecule has 134 valence electrons. The van der Waals surface area contributed by atoms with Gasteiger partial charge in [0.05, 0.1) is 0 Å². The van der Waals surface area contributed by atoms with Gasteiger partial charge in [-0.3, -0.25) is 10.9 Å². The largest absolute Gasteiger partial charge is 0.356 e. The van der Waals surface area contributed by atoms with Crippen molar-refractivity contribution in [2.24, 2.45) is 11.8 Å². The fourth-order valence-corrected chi connectivity index (χ4v) is 4.34. The van der Waals surface area contributed by atoms with Crippen molar-refractivity contribution < 1.29 is 0 Å². The summed E-state index contributed by atoms with van der Waals surface area (Å²) in [5.41, 5.74) is 8.83. The van der Waals surface area contributed by atoms with Gasteiger partial charge in [0.2, 0.25) is 0 Å². The maximum atomic E-state index is 9.11. The topological polar surface area (TPSA) is 64.0 Å². The molecule has 0 aliphatic carbocycles. The second kappa shape index (κ2) is 7.86. The molecule has 4 rings (SSSR count). The first kappa shape index (κ1) is 17.0. The zero-order chi connectivity index (χ0) is 17.8. The normalized spacial score (nSPS) is 25.8. The zero-order valence-electron chi connectivity index (χ0n) is 14.9. The molecule has 1 aromatic carbocycles. The molecule has 5 heteroatoms. The van der Waals surface area contributed by atoms with Gasteiger partial charge in [0.25, 0.3) is 0 Å². The highest BCUT2D eigenvalue weighted by Crippen LogP contribution is 2.29. The lowest BCUT2D eigenvalue weighted by Gasteiger charge is -2.38. The van der Waals surface area contributed by atoms with Crippen LogP contribution in [0.25, 0.3) is 0 Å². The van der Waals surface area contributed by atoms with Crippen molar-refractivity contribution in [2.75, 3.05) is 24.5 Å². The van der Waals surface area contributed by atoms with Crippen molar-refractivity contribution in [3.63, 3.8) is 0 Å². The Balaban J connectivity index is 1.45. The van der Waals surface area contributed by atoms with Crippen molar-refractivity contribution in [3.8, 4) is 6.07 Å². The summed E-state index contributed by atoms with van der Waals surface area (Å²) >= 11 is 0. The van der Waals surface area contributed by atoms with Gasteiger partial charge in [0.1, 0.15) is 17.6 Å². The molecule has 1 aromatic heterocycles. The van der Waals surface area contributed by atoms with Crippen LogP contribution in [0.3, 0.4) is 0 Å². The van der Waals surface area contributed by atoms with E-state index in [1.54, 1.807) is 6.07 Å². The van der Waals surface area contributed by atoms with Crippen LogP contribution in [0.1, 0.15) is 24.1 Å². The Labute approximate surface area is 155 Å². The van der Waals surface area contributed by atoms with Gasteiger partial charge >= 0.3 is 0 Å². The Kier molecular flexibility index (Phi) is 5.14. The molecule has 0 amide bonds. The minimum atomic E-state index is 0.470. The van der Waals surface area contributed by atoms with Crippen LogP contribution in [0.2, 0.25) is 0 Å². The lowest BCUT2D eigenvalue weighted by molar-refractivity contribution is 0.275. The summed E-state index contributed by atoms with van der Waals surface area (Å²) in [6, 6.07) is 19.1. The lowest BCUT2D eigenvalue weighted by Crippen LogP contribution is -2.47. The Hall–Kier alpha value is -2.42. The number of nitrogens with one attached hydrogen (secondary N) is 2. The van der Waals surface area contributed by atoms with Gasteiger partial charge in [-0.2, -0.15) is 5.26 Å². The molecule has 0 bridgehead atoms. The molecule has 3 atom stereocenters. The number of aromatic nitrogens is 1. The van der Waals surface area contributed by atoms with Gasteiger partial charge in [-0.1, -0.05) is 36.4 Å². The number of nitrogens with zero attached hydrogens (tertiary/aromatic N) is 3. The van der Waals surface area contributed by atoms with E-state index in [2.05, 4.69) is 57.1 Å². The van der Waals surface area contributed by atoms with Gasteiger partial charge in [0.15, 0.2) is 0 Å². The molecule has 3 unspecified atom stereocenters. The third-order valence-corrected chi connectivity index (χ3v) is 5.62. The Morgan fingerprint density at radius 1 is 1.15 bits per heavy atom. The Morgan fingerprint density at radius 3 is 2.88 bits per heavy atom. The molecule has 2 aromatic rings. The number of hydrogen-bond acceptors (Lipinski definition) is 5. The van der Waals surface area contributed by atoms with Crippen molar-refractivity contribution in [1.82, 2.24) is 15.8 Å². The van der Waals surface area contributed by atoms with Crippen molar-refractivity contribution in [3.05, 3.63) is 59.8 Å². The number of nitriles is 1. The first-order chi connectivity index (χ1) is 12.8. The Bertz CT molecular complexity index is 769. The molecular formula is C21H25N5. The fraction of sp³-hybridized carbons (Fsp3) is 0.429. The molecule has 2 aliphatic heterocycles. The molecule has 2 aliphatic rings. The summed E-state index contributed by atoms with van der Waals surface area (Å²) in [6.45, 7) is 3.02. The maximum absolute atomic E-state index is 9.11. The van der Waals surface area contributed by atoms with E-state index in [0.717, 1.165) is 31.9 Å². The van der Waals surface area contributed by atoms with Crippen LogP contribution in [-0.4, -0.2) is 30.7 Å². The van der Waals surface area contributed by atoms with Crippen LogP contribution in [0.4, 0.5) is 5.82 Å². The van der Waals surface area contributed by atoms with Crippen LogP contribution >= 0.6 is 0 Å². The molecule has 2 N–H and O–H groups in total. The van der Waals surface area contributed by atoms with E-state index in [1.165, 1.54) is 18.4 Å². The maximum Gasteiger partial charge on any atom is 0.142 e. The smallest absolute Gasteiger partial charge is 0.142 e. The van der Waals surface area contributed by atoms with Crippen molar-refractivity contribution >= 4 is 5.82 Å². The third kappa shape index (κ3) is 3.72. The van der Waals surface area contributed by atoms with E-state index in [1.807, 2.05) is 12.1 Å². The van der Waals surface area contributed by atoms with Crippen LogP contribution in [-0.2, 0) is 6.42 Å². The van der Waals surface area contributed by atoms with E-state index in [-0.39, 0.29) is 0 Å². The standard InChI is InChI=1S/C21H25N5/c22-13-19-9-4-10-20(24-19)26-11-5-8-17(15-26)21-18(14-23-25-21)12-16-6-2-1-3-7-16/h1-4,6-7,9-10,17-18,21,23,25H,5,8,11-12,14-15H2. The lowest BCUT2D eigenvalue weighted by atomic mass is 9.81. The average molecular weight is 347 g/mol. The van der Waals surface area contributed by atoms with E-state index < -0.39 is 0 Å². The molecule has 0 radical (unpaired) electrons. The van der Waals surface area contributed by atoms with Crippen molar-refractivity contribution in [1.29, 1.82) is 5.26 Å². The number of hydrazine groups is 1.